The van der Waals surface area contributed by atoms with Gasteiger partial charge in [-0.05, 0) is 115 Å². The molecule has 0 unspecified atom stereocenters. The van der Waals surface area contributed by atoms with E-state index in [1.165, 1.54) is 40.0 Å². The Bertz CT molecular complexity index is 885. The van der Waals surface area contributed by atoms with Crippen LogP contribution in [0, 0.1) is 32.7 Å². The van der Waals surface area contributed by atoms with E-state index < -0.39 is 0 Å². The van der Waals surface area contributed by atoms with Crippen molar-refractivity contribution in [2.45, 2.75) is 65.9 Å². The van der Waals surface area contributed by atoms with E-state index in [1.807, 2.05) is 12.2 Å². The molecule has 3 nitrogen and oxygen atoms in total. The molecule has 33 heavy (non-hydrogen) atoms. The van der Waals surface area contributed by atoms with Crippen molar-refractivity contribution in [2.75, 3.05) is 6.61 Å². The lowest BCUT2D eigenvalue weighted by Crippen LogP contribution is -2.52. The molecule has 180 valence electrons. The fourth-order valence-electron chi connectivity index (χ4n) is 6.13. The number of ether oxygens (including phenoxy) is 1. The second-order valence-electron chi connectivity index (χ2n) is 10.2. The normalized spacial score (nSPS) is 32.8. The Labute approximate surface area is 213 Å². The quantitative estimate of drug-likeness (QED) is 0.170. The van der Waals surface area contributed by atoms with E-state index in [4.69, 9.17) is 4.74 Å². The van der Waals surface area contributed by atoms with E-state index in [9.17, 15) is 9.90 Å². The number of fused-ring (bicyclic) bond motifs is 1. The number of esters is 1. The van der Waals surface area contributed by atoms with Crippen LogP contribution in [0.15, 0.2) is 60.2 Å². The molecule has 0 aliphatic heterocycles. The van der Waals surface area contributed by atoms with E-state index in [0.717, 1.165) is 12.8 Å². The Morgan fingerprint density at radius 3 is 2.64 bits per heavy atom. The van der Waals surface area contributed by atoms with Gasteiger partial charge >= 0.3 is 5.97 Å². The lowest BCUT2D eigenvalue weighted by Gasteiger charge is -2.56. The zero-order valence-corrected chi connectivity index (χ0v) is 22.6. The standard InChI is InChI=1S/C29H39IO3/c1-5-33-28(32)10-8-6-7-9-20(2)23-13-16-26-25(18-22-11-14-24(30)15-12-22)27(31)17-21(3)29(26,4)19-23/h6-12,14-15,21,23,25-27,31H,5,13,16-19H2,1-4H3/b7-6+,10-8+,20-9+/t21-,23-,25+,26+,27-,29+/m1/s1. The van der Waals surface area contributed by atoms with Crippen LogP contribution in [0.25, 0.3) is 0 Å². The van der Waals surface area contributed by atoms with Crippen LogP contribution in [0.5, 0.6) is 0 Å². The van der Waals surface area contributed by atoms with Crippen molar-refractivity contribution < 1.29 is 14.6 Å². The van der Waals surface area contributed by atoms with Crippen LogP contribution in [0.2, 0.25) is 0 Å². The predicted octanol–water partition coefficient (Wildman–Crippen LogP) is 6.90. The van der Waals surface area contributed by atoms with Gasteiger partial charge in [0.2, 0.25) is 0 Å². The van der Waals surface area contributed by atoms with Gasteiger partial charge in [-0.2, -0.15) is 0 Å². The second-order valence-corrected chi connectivity index (χ2v) is 11.4. The number of halogens is 1. The number of benzene rings is 1. The summed E-state index contributed by atoms with van der Waals surface area (Å²) in [6, 6.07) is 8.80. The van der Waals surface area contributed by atoms with E-state index in [0.29, 0.717) is 30.3 Å². The molecule has 0 spiro atoms. The van der Waals surface area contributed by atoms with Gasteiger partial charge in [0.15, 0.2) is 0 Å². The van der Waals surface area contributed by atoms with Gasteiger partial charge in [0, 0.05) is 9.65 Å². The zero-order chi connectivity index (χ0) is 24.0. The minimum Gasteiger partial charge on any atom is -0.463 e. The van der Waals surface area contributed by atoms with E-state index >= 15 is 0 Å². The number of carbonyl (C=O) groups excluding carboxylic acids is 1. The topological polar surface area (TPSA) is 46.5 Å². The molecule has 2 fully saturated rings. The summed E-state index contributed by atoms with van der Waals surface area (Å²) in [6.07, 6.45) is 14.5. The van der Waals surface area contributed by atoms with Crippen molar-refractivity contribution in [3.8, 4) is 0 Å². The lowest BCUT2D eigenvalue weighted by molar-refractivity contribution is -0.137. The second kappa shape index (κ2) is 11.8. The Morgan fingerprint density at radius 2 is 1.94 bits per heavy atom. The van der Waals surface area contributed by atoms with Crippen LogP contribution in [-0.4, -0.2) is 23.8 Å². The third kappa shape index (κ3) is 6.60. The molecule has 0 amide bonds. The van der Waals surface area contributed by atoms with Crippen LogP contribution < -0.4 is 0 Å². The maximum atomic E-state index is 11.4. The smallest absolute Gasteiger partial charge is 0.330 e. The van der Waals surface area contributed by atoms with Crippen LogP contribution in [0.1, 0.15) is 58.9 Å². The maximum Gasteiger partial charge on any atom is 0.330 e. The molecular weight excluding hydrogens is 523 g/mol. The average Bonchev–Trinajstić information content (AvgIpc) is 2.78. The molecule has 4 heteroatoms. The van der Waals surface area contributed by atoms with Crippen LogP contribution in [0.3, 0.4) is 0 Å². The summed E-state index contributed by atoms with van der Waals surface area (Å²) in [4.78, 5) is 11.4. The molecule has 1 aromatic carbocycles. The van der Waals surface area contributed by atoms with Crippen LogP contribution in [0.4, 0.5) is 0 Å². The van der Waals surface area contributed by atoms with Crippen molar-refractivity contribution in [1.82, 2.24) is 0 Å². The van der Waals surface area contributed by atoms with Gasteiger partial charge in [0.1, 0.15) is 0 Å². The summed E-state index contributed by atoms with van der Waals surface area (Å²) >= 11 is 2.35. The van der Waals surface area contributed by atoms with Gasteiger partial charge in [-0.15, -0.1) is 0 Å². The highest BCUT2D eigenvalue weighted by Crippen LogP contribution is 2.58. The largest absolute Gasteiger partial charge is 0.463 e. The van der Waals surface area contributed by atoms with Gasteiger partial charge in [-0.25, -0.2) is 4.79 Å². The van der Waals surface area contributed by atoms with E-state index in [2.05, 4.69) is 73.7 Å². The van der Waals surface area contributed by atoms with E-state index in [1.54, 1.807) is 13.0 Å². The van der Waals surface area contributed by atoms with Gasteiger partial charge in [0.25, 0.3) is 0 Å². The average molecular weight is 563 g/mol. The molecule has 1 aromatic rings. The first-order valence-corrected chi connectivity index (χ1v) is 13.4. The third-order valence-electron chi connectivity index (χ3n) is 8.22. The summed E-state index contributed by atoms with van der Waals surface area (Å²) in [6.45, 7) is 9.26. The molecular formula is C29H39IO3. The van der Waals surface area contributed by atoms with Crippen LogP contribution >= 0.6 is 22.6 Å². The number of hydrogen-bond donors (Lipinski definition) is 1. The van der Waals surface area contributed by atoms with Crippen molar-refractivity contribution in [3.63, 3.8) is 0 Å². The first-order chi connectivity index (χ1) is 15.7. The highest BCUT2D eigenvalue weighted by atomic mass is 127. The lowest BCUT2D eigenvalue weighted by atomic mass is 9.49. The molecule has 2 saturated carbocycles. The molecule has 0 radical (unpaired) electrons. The predicted molar refractivity (Wildman–Crippen MR) is 144 cm³/mol. The molecule has 0 aromatic heterocycles. The molecule has 0 saturated heterocycles. The number of aliphatic hydroxyl groups excluding tert-OH is 1. The maximum absolute atomic E-state index is 11.4. The van der Waals surface area contributed by atoms with Crippen LogP contribution in [-0.2, 0) is 16.0 Å². The Kier molecular flexibility index (Phi) is 9.40. The Hall–Kier alpha value is -1.40. The summed E-state index contributed by atoms with van der Waals surface area (Å²) in [5.74, 6) is 1.68. The molecule has 3 rings (SSSR count). The summed E-state index contributed by atoms with van der Waals surface area (Å²) in [5, 5.41) is 11.1. The first kappa shape index (κ1) is 26.2. The highest BCUT2D eigenvalue weighted by Gasteiger charge is 2.52. The Balaban J connectivity index is 1.68. The fourth-order valence-corrected chi connectivity index (χ4v) is 6.49. The van der Waals surface area contributed by atoms with Crippen molar-refractivity contribution in [2.24, 2.45) is 29.1 Å². The summed E-state index contributed by atoms with van der Waals surface area (Å²) < 4.78 is 6.16. The molecule has 1 N–H and O–H groups in total. The summed E-state index contributed by atoms with van der Waals surface area (Å²) in [7, 11) is 0. The minimum atomic E-state index is -0.303. The third-order valence-corrected chi connectivity index (χ3v) is 8.94. The van der Waals surface area contributed by atoms with Gasteiger partial charge in [0.05, 0.1) is 12.7 Å². The number of hydrogen-bond acceptors (Lipinski definition) is 3. The van der Waals surface area contributed by atoms with Gasteiger partial charge in [-0.1, -0.05) is 55.9 Å². The summed E-state index contributed by atoms with van der Waals surface area (Å²) in [5.41, 5.74) is 3.00. The minimum absolute atomic E-state index is 0.209. The molecule has 6 atom stereocenters. The monoisotopic (exact) mass is 562 g/mol. The zero-order valence-electron chi connectivity index (χ0n) is 20.5. The SMILES string of the molecule is CCOC(=O)/C=C/C=C/C=C(\C)[C@@H]1CC[C@H]2[C@H](Cc3ccc(I)cc3)[C@H](O)C[C@@H](C)[C@]2(C)C1. The van der Waals surface area contributed by atoms with Gasteiger partial charge < -0.3 is 9.84 Å². The number of carbonyl (C=O) groups is 1. The molecule has 0 bridgehead atoms. The molecule has 2 aliphatic rings. The first-order valence-electron chi connectivity index (χ1n) is 12.3. The number of rotatable bonds is 7. The molecule has 2 aliphatic carbocycles. The number of aliphatic hydroxyl groups is 1. The number of allylic oxidation sites excluding steroid dienone is 5. The Morgan fingerprint density at radius 1 is 1.21 bits per heavy atom. The highest BCUT2D eigenvalue weighted by molar-refractivity contribution is 14.1. The van der Waals surface area contributed by atoms with Crippen molar-refractivity contribution in [1.29, 1.82) is 0 Å². The van der Waals surface area contributed by atoms with Crippen molar-refractivity contribution >= 4 is 28.6 Å². The fraction of sp³-hybridized carbons (Fsp3) is 0.552. The van der Waals surface area contributed by atoms with Crippen molar-refractivity contribution in [3.05, 3.63) is 69.4 Å². The molecule has 0 heterocycles. The van der Waals surface area contributed by atoms with Gasteiger partial charge in [-0.3, -0.25) is 0 Å². The van der Waals surface area contributed by atoms with E-state index in [-0.39, 0.29) is 17.5 Å².